The molecule has 3 heteroatoms. The van der Waals surface area contributed by atoms with E-state index in [1.807, 2.05) is 24.3 Å². The van der Waals surface area contributed by atoms with Gasteiger partial charge in [0.2, 0.25) is 0 Å². The molecule has 30 heavy (non-hydrogen) atoms. The summed E-state index contributed by atoms with van der Waals surface area (Å²) in [5, 5.41) is 12.2. The highest BCUT2D eigenvalue weighted by Gasteiger charge is 2.07. The Bertz CT molecular complexity index is 913. The van der Waals surface area contributed by atoms with Crippen LogP contribution in [0.1, 0.15) is 61.4 Å². The number of anilines is 1. The molecule has 0 saturated carbocycles. The summed E-state index contributed by atoms with van der Waals surface area (Å²) in [6.07, 6.45) is 9.07. The summed E-state index contributed by atoms with van der Waals surface area (Å²) >= 11 is 0. The zero-order chi connectivity index (χ0) is 21.2. The number of hydrogen-bond donors (Lipinski definition) is 2. The van der Waals surface area contributed by atoms with Crippen molar-refractivity contribution in [3.05, 3.63) is 83.9 Å². The summed E-state index contributed by atoms with van der Waals surface area (Å²) in [5.41, 5.74) is 4.91. The minimum absolute atomic E-state index is 0.165. The Hall–Kier alpha value is -3.07. The van der Waals surface area contributed by atoms with E-state index < -0.39 is 0 Å². The lowest BCUT2D eigenvalue weighted by molar-refractivity contribution is 0.102. The van der Waals surface area contributed by atoms with E-state index in [2.05, 4.69) is 36.5 Å². The molecule has 0 atom stereocenters. The molecule has 156 valence electrons. The number of phenolic OH excluding ortho intramolecular Hbond substituents is 1. The summed E-state index contributed by atoms with van der Waals surface area (Å²) in [6, 6.07) is 22.9. The number of carbonyl (C=O) groups is 1. The first kappa shape index (κ1) is 21.6. The van der Waals surface area contributed by atoms with E-state index in [9.17, 15) is 9.90 Å². The molecule has 3 nitrogen and oxygen atoms in total. The summed E-state index contributed by atoms with van der Waals surface area (Å²) in [4.78, 5) is 12.4. The SMILES string of the molecule is CCCCCCCCc1ccc(-c2ccc(C(=O)Nc3ccc(O)cc3)cc2)cc1. The normalized spacial score (nSPS) is 10.7. The minimum Gasteiger partial charge on any atom is -0.508 e. The number of phenols is 1. The Morgan fingerprint density at radius 1 is 0.733 bits per heavy atom. The Labute approximate surface area is 179 Å². The van der Waals surface area contributed by atoms with Gasteiger partial charge in [-0.25, -0.2) is 0 Å². The van der Waals surface area contributed by atoms with Gasteiger partial charge in [-0.3, -0.25) is 4.79 Å². The molecular weight excluding hydrogens is 370 g/mol. The fourth-order valence-corrected chi connectivity index (χ4v) is 3.54. The Morgan fingerprint density at radius 2 is 1.30 bits per heavy atom. The molecule has 0 aromatic heterocycles. The predicted molar refractivity (Wildman–Crippen MR) is 125 cm³/mol. The molecule has 0 spiro atoms. The van der Waals surface area contributed by atoms with Crippen LogP contribution in [0.3, 0.4) is 0 Å². The molecule has 0 heterocycles. The van der Waals surface area contributed by atoms with Gasteiger partial charge in [-0.05, 0) is 65.9 Å². The maximum atomic E-state index is 12.4. The number of aromatic hydroxyl groups is 1. The molecule has 0 unspecified atom stereocenters. The minimum atomic E-state index is -0.165. The van der Waals surface area contributed by atoms with Gasteiger partial charge in [0.05, 0.1) is 0 Å². The smallest absolute Gasteiger partial charge is 0.255 e. The zero-order valence-electron chi connectivity index (χ0n) is 17.7. The van der Waals surface area contributed by atoms with Gasteiger partial charge in [0.1, 0.15) is 5.75 Å². The van der Waals surface area contributed by atoms with Crippen LogP contribution >= 0.6 is 0 Å². The second kappa shape index (κ2) is 11.2. The number of unbranched alkanes of at least 4 members (excludes halogenated alkanes) is 5. The number of carbonyl (C=O) groups excluding carboxylic acids is 1. The first-order valence-electron chi connectivity index (χ1n) is 11.0. The van der Waals surface area contributed by atoms with Crippen LogP contribution in [0.15, 0.2) is 72.8 Å². The lowest BCUT2D eigenvalue weighted by atomic mass is 10.00. The van der Waals surface area contributed by atoms with Crippen molar-refractivity contribution in [2.75, 3.05) is 5.32 Å². The number of nitrogens with one attached hydrogen (secondary N) is 1. The van der Waals surface area contributed by atoms with Crippen LogP contribution in [0.2, 0.25) is 0 Å². The van der Waals surface area contributed by atoms with E-state index in [4.69, 9.17) is 0 Å². The van der Waals surface area contributed by atoms with Gasteiger partial charge in [0.15, 0.2) is 0 Å². The van der Waals surface area contributed by atoms with Gasteiger partial charge < -0.3 is 10.4 Å². The molecule has 0 radical (unpaired) electrons. The highest BCUT2D eigenvalue weighted by Crippen LogP contribution is 2.22. The Balaban J connectivity index is 1.52. The molecule has 0 bridgehead atoms. The second-order valence-corrected chi connectivity index (χ2v) is 7.79. The third-order valence-electron chi connectivity index (χ3n) is 5.38. The molecule has 0 fully saturated rings. The zero-order valence-corrected chi connectivity index (χ0v) is 17.7. The van der Waals surface area contributed by atoms with E-state index in [-0.39, 0.29) is 11.7 Å². The third kappa shape index (κ3) is 6.48. The van der Waals surface area contributed by atoms with E-state index in [0.29, 0.717) is 11.3 Å². The van der Waals surface area contributed by atoms with Crippen molar-refractivity contribution in [1.82, 2.24) is 0 Å². The van der Waals surface area contributed by atoms with Crippen molar-refractivity contribution >= 4 is 11.6 Å². The van der Waals surface area contributed by atoms with Crippen molar-refractivity contribution in [2.45, 2.75) is 51.9 Å². The van der Waals surface area contributed by atoms with Gasteiger partial charge >= 0.3 is 0 Å². The van der Waals surface area contributed by atoms with Crippen LogP contribution in [-0.4, -0.2) is 11.0 Å². The van der Waals surface area contributed by atoms with Gasteiger partial charge in [0, 0.05) is 11.3 Å². The fourth-order valence-electron chi connectivity index (χ4n) is 3.54. The maximum Gasteiger partial charge on any atom is 0.255 e. The predicted octanol–water partition coefficient (Wildman–Crippen LogP) is 7.21. The number of rotatable bonds is 10. The molecule has 2 N–H and O–H groups in total. The molecule has 1 amide bonds. The standard InChI is InChI=1S/C27H31NO2/c1-2-3-4-5-6-7-8-21-9-11-22(12-10-21)23-13-15-24(16-14-23)27(30)28-25-17-19-26(29)20-18-25/h9-20,29H,2-8H2,1H3,(H,28,30). The van der Waals surface area contributed by atoms with Crippen molar-refractivity contribution in [3.8, 4) is 16.9 Å². The number of amides is 1. The lowest BCUT2D eigenvalue weighted by Gasteiger charge is -2.08. The van der Waals surface area contributed by atoms with Crippen molar-refractivity contribution < 1.29 is 9.90 Å². The van der Waals surface area contributed by atoms with Crippen LogP contribution in [0.5, 0.6) is 5.75 Å². The third-order valence-corrected chi connectivity index (χ3v) is 5.38. The van der Waals surface area contributed by atoms with E-state index >= 15 is 0 Å². The largest absolute Gasteiger partial charge is 0.508 e. The summed E-state index contributed by atoms with van der Waals surface area (Å²) in [7, 11) is 0. The first-order valence-corrected chi connectivity index (χ1v) is 11.0. The van der Waals surface area contributed by atoms with Crippen molar-refractivity contribution in [1.29, 1.82) is 0 Å². The van der Waals surface area contributed by atoms with Gasteiger partial charge in [-0.1, -0.05) is 75.4 Å². The van der Waals surface area contributed by atoms with E-state index in [1.54, 1.807) is 24.3 Å². The van der Waals surface area contributed by atoms with Crippen molar-refractivity contribution in [2.24, 2.45) is 0 Å². The Morgan fingerprint density at radius 3 is 1.93 bits per heavy atom. The fraction of sp³-hybridized carbons (Fsp3) is 0.296. The quantitative estimate of drug-likeness (QED) is 0.278. The van der Waals surface area contributed by atoms with Crippen LogP contribution in [0, 0.1) is 0 Å². The Kier molecular flexibility index (Phi) is 8.08. The topological polar surface area (TPSA) is 49.3 Å². The average molecular weight is 402 g/mol. The van der Waals surface area contributed by atoms with Crippen LogP contribution in [0.4, 0.5) is 5.69 Å². The summed E-state index contributed by atoms with van der Waals surface area (Å²) < 4.78 is 0. The molecule has 3 aromatic carbocycles. The molecule has 3 aromatic rings. The van der Waals surface area contributed by atoms with Crippen molar-refractivity contribution in [3.63, 3.8) is 0 Å². The number of benzene rings is 3. The number of aryl methyl sites for hydroxylation is 1. The van der Waals surface area contributed by atoms with E-state index in [0.717, 1.165) is 17.5 Å². The second-order valence-electron chi connectivity index (χ2n) is 7.79. The summed E-state index contributed by atoms with van der Waals surface area (Å²) in [6.45, 7) is 2.25. The van der Waals surface area contributed by atoms with Gasteiger partial charge in [-0.15, -0.1) is 0 Å². The summed E-state index contributed by atoms with van der Waals surface area (Å²) in [5.74, 6) is 0.0110. The van der Waals surface area contributed by atoms with Gasteiger partial charge in [-0.2, -0.15) is 0 Å². The van der Waals surface area contributed by atoms with Gasteiger partial charge in [0.25, 0.3) is 5.91 Å². The highest BCUT2D eigenvalue weighted by molar-refractivity contribution is 6.04. The van der Waals surface area contributed by atoms with Crippen LogP contribution in [-0.2, 0) is 6.42 Å². The average Bonchev–Trinajstić information content (AvgIpc) is 2.78. The molecular formula is C27H31NO2. The molecule has 0 saturated heterocycles. The molecule has 3 rings (SSSR count). The van der Waals surface area contributed by atoms with Crippen LogP contribution < -0.4 is 5.32 Å². The maximum absolute atomic E-state index is 12.4. The lowest BCUT2D eigenvalue weighted by Crippen LogP contribution is -2.11. The number of hydrogen-bond acceptors (Lipinski definition) is 2. The molecule has 0 aliphatic rings. The molecule has 0 aliphatic carbocycles. The molecule has 0 aliphatic heterocycles. The van der Waals surface area contributed by atoms with Crippen LogP contribution in [0.25, 0.3) is 11.1 Å². The van der Waals surface area contributed by atoms with E-state index in [1.165, 1.54) is 44.1 Å². The first-order chi connectivity index (χ1) is 14.7. The highest BCUT2D eigenvalue weighted by atomic mass is 16.3. The monoisotopic (exact) mass is 401 g/mol.